The third kappa shape index (κ3) is 4.94. The number of benzene rings is 1. The maximum absolute atomic E-state index is 13.0. The fourth-order valence-electron chi connectivity index (χ4n) is 8.14. The molecule has 1 aromatic rings. The first-order valence-corrected chi connectivity index (χ1v) is 13.2. The Hall–Kier alpha value is -1.76. The first-order chi connectivity index (χ1) is 16.3. The molecule has 1 spiro atoms. The summed E-state index contributed by atoms with van der Waals surface area (Å²) >= 11 is 0. The molecule has 2 N–H and O–H groups in total. The van der Waals surface area contributed by atoms with Crippen molar-refractivity contribution in [2.75, 3.05) is 20.1 Å². The van der Waals surface area contributed by atoms with Gasteiger partial charge in [0.05, 0.1) is 0 Å². The van der Waals surface area contributed by atoms with Crippen molar-refractivity contribution >= 4 is 5.91 Å². The van der Waals surface area contributed by atoms with Crippen molar-refractivity contribution in [3.05, 3.63) is 29.3 Å². The summed E-state index contributed by atoms with van der Waals surface area (Å²) in [5, 5.41) is 13.3. The molecule has 3 aliphatic carbocycles. The molecule has 3 aliphatic rings. The Balaban J connectivity index is 1.77. The van der Waals surface area contributed by atoms with Gasteiger partial charge < -0.3 is 15.3 Å². The van der Waals surface area contributed by atoms with Gasteiger partial charge in [0.2, 0.25) is 5.91 Å². The average Bonchev–Trinajstić information content (AvgIpc) is 3.42. The van der Waals surface area contributed by atoms with Gasteiger partial charge in [0.15, 0.2) is 0 Å². The first kappa shape index (κ1) is 26.3. The van der Waals surface area contributed by atoms with Gasteiger partial charge in [-0.05, 0) is 91.5 Å². The third-order valence-corrected chi connectivity index (χ3v) is 9.12. The van der Waals surface area contributed by atoms with E-state index in [-0.39, 0.29) is 40.4 Å². The van der Waals surface area contributed by atoms with Crippen LogP contribution in [0.25, 0.3) is 0 Å². The van der Waals surface area contributed by atoms with Crippen LogP contribution in [-0.2, 0) is 16.6 Å². The Morgan fingerprint density at radius 2 is 1.94 bits per heavy atom. The van der Waals surface area contributed by atoms with Crippen LogP contribution in [0.3, 0.4) is 0 Å². The van der Waals surface area contributed by atoms with Gasteiger partial charge in [-0.25, -0.2) is 0 Å². The Bertz CT molecular complexity index is 943. The van der Waals surface area contributed by atoms with Crippen LogP contribution in [-0.4, -0.2) is 48.3 Å². The Morgan fingerprint density at radius 3 is 2.54 bits per heavy atom. The molecule has 7 heteroatoms. The molecule has 196 valence electrons. The van der Waals surface area contributed by atoms with E-state index < -0.39 is 18.5 Å². The number of nitrogens with one attached hydrogen (secondary N) is 1. The van der Waals surface area contributed by atoms with Crippen molar-refractivity contribution in [2.45, 2.75) is 83.9 Å². The van der Waals surface area contributed by atoms with Gasteiger partial charge in [-0.15, -0.1) is 0 Å². The van der Waals surface area contributed by atoms with E-state index in [0.717, 1.165) is 37.4 Å². The molecule has 0 aromatic heterocycles. The standard InChI is InChI=1S/C28H41F3N2O2/c1-6-23(32-24(35)14-27(29,30)31)25-17(2)13-26(3,4)28(25)20(16-33(5)15-18-7-8-18)11-19-9-10-21(34)12-22(19)28/h9-10,12,17-18,20,23,25,34H,6-8,11,13-16H2,1-5H3,(H,32,35)/t17-,20?,23?,25?,28?/m0/s1. The lowest BCUT2D eigenvalue weighted by molar-refractivity contribution is -0.154. The molecule has 2 saturated carbocycles. The highest BCUT2D eigenvalue weighted by Gasteiger charge is 2.66. The third-order valence-electron chi connectivity index (χ3n) is 9.12. The minimum atomic E-state index is -4.53. The van der Waals surface area contributed by atoms with Gasteiger partial charge in [0.1, 0.15) is 12.2 Å². The number of nitrogens with zero attached hydrogens (tertiary/aromatic N) is 1. The predicted molar refractivity (Wildman–Crippen MR) is 131 cm³/mol. The van der Waals surface area contributed by atoms with Gasteiger partial charge in [-0.1, -0.05) is 33.8 Å². The second kappa shape index (κ2) is 9.28. The molecule has 4 rings (SSSR count). The molecular formula is C28H41F3N2O2. The summed E-state index contributed by atoms with van der Waals surface area (Å²) < 4.78 is 39.0. The number of phenols is 1. The Kier molecular flexibility index (Phi) is 6.97. The zero-order chi connectivity index (χ0) is 25.8. The van der Waals surface area contributed by atoms with E-state index in [0.29, 0.717) is 6.42 Å². The highest BCUT2D eigenvalue weighted by atomic mass is 19.4. The molecule has 4 nitrogen and oxygen atoms in total. The van der Waals surface area contributed by atoms with E-state index >= 15 is 0 Å². The average molecular weight is 495 g/mol. The molecule has 4 unspecified atom stereocenters. The van der Waals surface area contributed by atoms with E-state index in [1.165, 1.54) is 18.4 Å². The van der Waals surface area contributed by atoms with Crippen molar-refractivity contribution in [3.8, 4) is 5.75 Å². The van der Waals surface area contributed by atoms with Crippen molar-refractivity contribution in [2.24, 2.45) is 29.1 Å². The van der Waals surface area contributed by atoms with Crippen LogP contribution >= 0.6 is 0 Å². The van der Waals surface area contributed by atoms with E-state index in [9.17, 15) is 23.1 Å². The van der Waals surface area contributed by atoms with E-state index in [2.05, 4.69) is 38.0 Å². The van der Waals surface area contributed by atoms with E-state index in [1.54, 1.807) is 6.07 Å². The molecule has 0 radical (unpaired) electrons. The van der Waals surface area contributed by atoms with Crippen molar-refractivity contribution < 1.29 is 23.1 Å². The van der Waals surface area contributed by atoms with Crippen LogP contribution in [0.4, 0.5) is 13.2 Å². The second-order valence-electron chi connectivity index (χ2n) is 12.2. The molecule has 0 heterocycles. The normalized spacial score (nSPS) is 30.6. The second-order valence-corrected chi connectivity index (χ2v) is 12.2. The number of alkyl halides is 3. The molecule has 0 aliphatic heterocycles. The molecule has 0 saturated heterocycles. The number of fused-ring (bicyclic) bond motifs is 2. The van der Waals surface area contributed by atoms with E-state index in [1.807, 2.05) is 19.1 Å². The monoisotopic (exact) mass is 494 g/mol. The smallest absolute Gasteiger partial charge is 0.397 e. The van der Waals surface area contributed by atoms with Gasteiger partial charge >= 0.3 is 6.18 Å². The van der Waals surface area contributed by atoms with Crippen LogP contribution in [0, 0.1) is 29.1 Å². The number of hydrogen-bond acceptors (Lipinski definition) is 3. The number of carbonyl (C=O) groups is 1. The molecule has 1 amide bonds. The number of hydrogen-bond donors (Lipinski definition) is 2. The minimum Gasteiger partial charge on any atom is -0.508 e. The van der Waals surface area contributed by atoms with Gasteiger partial charge in [0.25, 0.3) is 0 Å². The molecular weight excluding hydrogens is 453 g/mol. The van der Waals surface area contributed by atoms with Gasteiger partial charge in [-0.2, -0.15) is 13.2 Å². The predicted octanol–water partition coefficient (Wildman–Crippen LogP) is 5.67. The van der Waals surface area contributed by atoms with Crippen LogP contribution < -0.4 is 5.32 Å². The van der Waals surface area contributed by atoms with Crippen LogP contribution in [0.1, 0.15) is 70.9 Å². The quantitative estimate of drug-likeness (QED) is 0.489. The minimum absolute atomic E-state index is 0.0259. The zero-order valence-electron chi connectivity index (χ0n) is 21.7. The Morgan fingerprint density at radius 1 is 1.26 bits per heavy atom. The number of rotatable bonds is 8. The van der Waals surface area contributed by atoms with Crippen molar-refractivity contribution in [1.82, 2.24) is 10.2 Å². The maximum Gasteiger partial charge on any atom is 0.397 e. The highest BCUT2D eigenvalue weighted by molar-refractivity contribution is 5.77. The summed E-state index contributed by atoms with van der Waals surface area (Å²) in [6.07, 6.45) is -1.06. The largest absolute Gasteiger partial charge is 0.508 e. The molecule has 5 atom stereocenters. The van der Waals surface area contributed by atoms with Crippen molar-refractivity contribution in [3.63, 3.8) is 0 Å². The SMILES string of the molecule is CCC(NC(=O)CC(F)(F)F)C1[C@@H](C)CC(C)(C)C12c1cc(O)ccc1CC2CN(C)CC1CC1. The van der Waals surface area contributed by atoms with Crippen LogP contribution in [0.15, 0.2) is 18.2 Å². The fourth-order valence-corrected chi connectivity index (χ4v) is 8.14. The lowest BCUT2D eigenvalue weighted by Gasteiger charge is -2.51. The molecule has 2 fully saturated rings. The molecule has 35 heavy (non-hydrogen) atoms. The highest BCUT2D eigenvalue weighted by Crippen LogP contribution is 2.68. The summed E-state index contributed by atoms with van der Waals surface area (Å²) in [6, 6.07) is 5.29. The first-order valence-electron chi connectivity index (χ1n) is 13.2. The summed E-state index contributed by atoms with van der Waals surface area (Å²) in [7, 11) is 2.18. The lowest BCUT2D eigenvalue weighted by atomic mass is 9.54. The van der Waals surface area contributed by atoms with Gasteiger partial charge in [0, 0.05) is 24.5 Å². The van der Waals surface area contributed by atoms with Crippen LogP contribution in [0.5, 0.6) is 5.75 Å². The number of aromatic hydroxyl groups is 1. The van der Waals surface area contributed by atoms with E-state index in [4.69, 9.17) is 0 Å². The summed E-state index contributed by atoms with van der Waals surface area (Å²) in [5.74, 6) is 0.473. The number of carbonyl (C=O) groups excluding carboxylic acids is 1. The summed E-state index contributed by atoms with van der Waals surface area (Å²) in [5.41, 5.74) is 1.84. The summed E-state index contributed by atoms with van der Waals surface area (Å²) in [4.78, 5) is 14.9. The van der Waals surface area contributed by atoms with Gasteiger partial charge in [-0.3, -0.25) is 4.79 Å². The number of amides is 1. The van der Waals surface area contributed by atoms with Crippen molar-refractivity contribution in [1.29, 1.82) is 0 Å². The molecule has 0 bridgehead atoms. The topological polar surface area (TPSA) is 52.6 Å². The maximum atomic E-state index is 13.0. The lowest BCUT2D eigenvalue weighted by Crippen LogP contribution is -2.56. The number of halogens is 3. The number of phenolic OH excluding ortho intramolecular Hbond substituents is 1. The molecule has 1 aromatic carbocycles. The zero-order valence-corrected chi connectivity index (χ0v) is 21.7. The van der Waals surface area contributed by atoms with Crippen LogP contribution in [0.2, 0.25) is 0 Å². The Labute approximate surface area is 207 Å². The fraction of sp³-hybridized carbons (Fsp3) is 0.750. The summed E-state index contributed by atoms with van der Waals surface area (Å²) in [6.45, 7) is 10.7.